The van der Waals surface area contributed by atoms with Gasteiger partial charge in [0.1, 0.15) is 5.75 Å². The minimum atomic E-state index is -0.391. The molecule has 2 aliphatic rings. The first-order valence-corrected chi connectivity index (χ1v) is 7.98. The molecule has 2 heterocycles. The number of hydrogen-bond donors (Lipinski definition) is 1. The van der Waals surface area contributed by atoms with Crippen molar-refractivity contribution in [2.24, 2.45) is 0 Å². The molecule has 0 aromatic heterocycles. The Morgan fingerprint density at radius 1 is 1.30 bits per heavy atom. The van der Waals surface area contributed by atoms with E-state index in [0.29, 0.717) is 12.2 Å². The van der Waals surface area contributed by atoms with Crippen molar-refractivity contribution in [1.82, 2.24) is 5.32 Å². The summed E-state index contributed by atoms with van der Waals surface area (Å²) in [5, 5.41) is 5.75. The van der Waals surface area contributed by atoms with Gasteiger partial charge in [0.15, 0.2) is 0 Å². The van der Waals surface area contributed by atoms with Crippen LogP contribution < -0.4 is 10.1 Å². The van der Waals surface area contributed by atoms with Crippen LogP contribution in [0.3, 0.4) is 0 Å². The zero-order valence-electron chi connectivity index (χ0n) is 12.4. The average molecular weight is 408 g/mol. The van der Waals surface area contributed by atoms with Gasteiger partial charge in [0.2, 0.25) is 5.91 Å². The second kappa shape index (κ2) is 8.37. The molecular weight excluding hydrogens is 393 g/mol. The van der Waals surface area contributed by atoms with Crippen molar-refractivity contribution in [2.75, 3.05) is 6.54 Å². The van der Waals surface area contributed by atoms with E-state index in [4.69, 9.17) is 4.74 Å². The summed E-state index contributed by atoms with van der Waals surface area (Å²) in [4.78, 5) is 34.5. The van der Waals surface area contributed by atoms with Gasteiger partial charge in [-0.15, -0.1) is 6.54 Å². The zero-order chi connectivity index (χ0) is 15.5. The number of ether oxygens (including phenoxy) is 1. The molecule has 6 nitrogen and oxygen atoms in total. The molecule has 23 heavy (non-hydrogen) atoms. The van der Waals surface area contributed by atoms with Crippen LogP contribution in [0.1, 0.15) is 18.4 Å². The number of nitrogens with one attached hydrogen (secondary N) is 1. The molecule has 119 valence electrons. The van der Waals surface area contributed by atoms with E-state index >= 15 is 0 Å². The van der Waals surface area contributed by atoms with Crippen LogP contribution in [0.5, 0.6) is 5.75 Å². The van der Waals surface area contributed by atoms with Crippen LogP contribution >= 0.6 is 11.8 Å². The second-order valence-electron chi connectivity index (χ2n) is 5.22. The largest absolute Gasteiger partial charge is 0.650 e. The van der Waals surface area contributed by atoms with E-state index in [9.17, 15) is 14.4 Å². The van der Waals surface area contributed by atoms with E-state index < -0.39 is 5.25 Å². The van der Waals surface area contributed by atoms with Crippen LogP contribution in [0.15, 0.2) is 24.3 Å². The summed E-state index contributed by atoms with van der Waals surface area (Å²) in [5.74, 6) is -0.106. The Balaban J connectivity index is 0.00000192. The third kappa shape index (κ3) is 4.86. The number of nitrogens with zero attached hydrogens (tertiary/aromatic N) is 1. The van der Waals surface area contributed by atoms with E-state index in [1.54, 1.807) is 24.3 Å². The maximum Gasteiger partial charge on any atom is 0.293 e. The number of benzene rings is 1. The van der Waals surface area contributed by atoms with Gasteiger partial charge in [-0.3, -0.25) is 19.7 Å². The molecule has 1 N–H and O–H groups in total. The van der Waals surface area contributed by atoms with Crippen LogP contribution in [-0.4, -0.2) is 35.0 Å². The predicted molar refractivity (Wildman–Crippen MR) is 81.9 cm³/mol. The topological polar surface area (TPSA) is 86.6 Å². The van der Waals surface area contributed by atoms with Crippen LogP contribution in [-0.2, 0) is 48.7 Å². The Labute approximate surface area is 163 Å². The monoisotopic (exact) mass is 408 g/mol. The van der Waals surface area contributed by atoms with Gasteiger partial charge in [-0.2, -0.15) is 0 Å². The fraction of sp³-hybridized carbons (Fsp3) is 0.400. The number of imide groups is 1. The molecule has 1 aromatic rings. The van der Waals surface area contributed by atoms with E-state index in [2.05, 4.69) is 10.6 Å². The molecule has 0 aliphatic carbocycles. The van der Waals surface area contributed by atoms with Crippen molar-refractivity contribution in [1.29, 1.82) is 0 Å². The fourth-order valence-electron chi connectivity index (χ4n) is 2.43. The number of amides is 2. The van der Waals surface area contributed by atoms with Crippen molar-refractivity contribution < 1.29 is 51.8 Å². The van der Waals surface area contributed by atoms with E-state index in [-0.39, 0.29) is 55.9 Å². The Kier molecular flexibility index (Phi) is 6.76. The van der Waals surface area contributed by atoms with Crippen LogP contribution in [0.2, 0.25) is 0 Å². The summed E-state index contributed by atoms with van der Waals surface area (Å²) in [6.45, 7) is 0.721. The standard InChI is InChI=1S/C15H15N2O4S.Y/c18-13-12(22-15(20)17-13)8-9-3-5-10(6-4-9)21-14(19)11-2-1-7-16-11;/h3-6,11-12H,1-2,7-8H2,(H,17,18,20);/q-1;/t11-,12?;/m1./s1. The van der Waals surface area contributed by atoms with Crippen molar-refractivity contribution in [3.05, 3.63) is 35.1 Å². The van der Waals surface area contributed by atoms with Crippen molar-refractivity contribution in [3.63, 3.8) is 0 Å². The molecule has 3 rings (SSSR count). The maximum absolute atomic E-state index is 11.8. The van der Waals surface area contributed by atoms with Gasteiger partial charge in [0, 0.05) is 32.7 Å². The molecule has 2 saturated heterocycles. The summed E-state index contributed by atoms with van der Waals surface area (Å²) in [7, 11) is 0. The molecule has 0 bridgehead atoms. The Hall–Kier alpha value is -0.756. The van der Waals surface area contributed by atoms with Gasteiger partial charge in [-0.1, -0.05) is 36.7 Å². The van der Waals surface area contributed by atoms with Crippen LogP contribution in [0.25, 0.3) is 5.32 Å². The normalized spacial score (nSPS) is 23.3. The molecule has 1 radical (unpaired) electrons. The minimum absolute atomic E-state index is 0. The number of rotatable bonds is 4. The first-order chi connectivity index (χ1) is 10.6. The van der Waals surface area contributed by atoms with Crippen molar-refractivity contribution in [2.45, 2.75) is 30.6 Å². The van der Waals surface area contributed by atoms with E-state index in [0.717, 1.165) is 36.7 Å². The number of thioether (sulfide) groups is 1. The van der Waals surface area contributed by atoms with Crippen LogP contribution in [0, 0.1) is 0 Å². The summed E-state index contributed by atoms with van der Waals surface area (Å²) in [6.07, 6.45) is 2.14. The van der Waals surface area contributed by atoms with Gasteiger partial charge in [-0.25, -0.2) is 0 Å². The summed E-state index contributed by atoms with van der Waals surface area (Å²) >= 11 is 1.00. The molecule has 2 amide bonds. The fourth-order valence-corrected chi connectivity index (χ4v) is 3.29. The SMILES string of the molecule is O=C1NC(=O)C(Cc2ccc(OC(=O)[C@H]3CCC[N-]3)cc2)S1.[Y]. The van der Waals surface area contributed by atoms with Gasteiger partial charge >= 0.3 is 0 Å². The third-order valence-electron chi connectivity index (χ3n) is 3.59. The van der Waals surface area contributed by atoms with Gasteiger partial charge in [-0.05, 0) is 30.2 Å². The van der Waals surface area contributed by atoms with Crippen molar-refractivity contribution >= 4 is 28.9 Å². The predicted octanol–water partition coefficient (Wildman–Crippen LogP) is 2.02. The Bertz CT molecular complexity index is 602. The summed E-state index contributed by atoms with van der Waals surface area (Å²) < 4.78 is 5.29. The maximum atomic E-state index is 11.8. The molecule has 0 saturated carbocycles. The molecule has 1 unspecified atom stereocenters. The Morgan fingerprint density at radius 2 is 2.04 bits per heavy atom. The molecule has 0 spiro atoms. The number of carbonyl (C=O) groups excluding carboxylic acids is 3. The number of esters is 1. The van der Waals surface area contributed by atoms with Gasteiger partial charge in [0.05, 0.1) is 5.25 Å². The smallest absolute Gasteiger partial charge is 0.293 e. The average Bonchev–Trinajstić information content (AvgIpc) is 3.12. The molecule has 1 aromatic carbocycles. The third-order valence-corrected chi connectivity index (χ3v) is 4.57. The molecule has 2 fully saturated rings. The van der Waals surface area contributed by atoms with Gasteiger partial charge in [0.25, 0.3) is 11.2 Å². The molecule has 8 heteroatoms. The first kappa shape index (κ1) is 18.6. The Morgan fingerprint density at radius 3 is 2.61 bits per heavy atom. The quantitative estimate of drug-likeness (QED) is 0.609. The molecular formula is C15H15N2O4SY-. The number of carbonyl (C=O) groups is 3. The molecule has 2 aliphatic heterocycles. The minimum Gasteiger partial charge on any atom is -0.650 e. The number of hydrogen-bond acceptors (Lipinski definition) is 5. The summed E-state index contributed by atoms with van der Waals surface area (Å²) in [5.41, 5.74) is 0.910. The van der Waals surface area contributed by atoms with Crippen LogP contribution in [0.4, 0.5) is 4.79 Å². The summed E-state index contributed by atoms with van der Waals surface area (Å²) in [6, 6.07) is 6.64. The first-order valence-electron chi connectivity index (χ1n) is 7.10. The van der Waals surface area contributed by atoms with E-state index in [1.807, 2.05) is 0 Å². The van der Waals surface area contributed by atoms with Crippen molar-refractivity contribution in [3.8, 4) is 5.75 Å². The van der Waals surface area contributed by atoms with E-state index in [1.165, 1.54) is 0 Å². The molecule has 2 atom stereocenters. The van der Waals surface area contributed by atoms with Gasteiger partial charge < -0.3 is 10.1 Å². The second-order valence-corrected chi connectivity index (χ2v) is 6.39. The zero-order valence-corrected chi connectivity index (χ0v) is 16.0.